The van der Waals surface area contributed by atoms with Gasteiger partial charge in [0.2, 0.25) is 0 Å². The zero-order valence-corrected chi connectivity index (χ0v) is 14.1. The summed E-state index contributed by atoms with van der Waals surface area (Å²) in [6.45, 7) is 7.46. The van der Waals surface area contributed by atoms with Crippen molar-refractivity contribution in [1.29, 1.82) is 0 Å². The Morgan fingerprint density at radius 1 is 1.36 bits per heavy atom. The number of amides is 3. The lowest BCUT2D eigenvalue weighted by Gasteiger charge is -2.19. The minimum Gasteiger partial charge on any atom is -0.448 e. The number of carbonyl (C=O) groups is 3. The van der Waals surface area contributed by atoms with Crippen molar-refractivity contribution in [2.75, 3.05) is 0 Å². The van der Waals surface area contributed by atoms with Crippen LogP contribution < -0.4 is 11.1 Å². The molecule has 1 heterocycles. The van der Waals surface area contributed by atoms with Crippen LogP contribution >= 0.6 is 11.3 Å². The molecule has 1 aromatic rings. The Hall–Kier alpha value is -1.89. The van der Waals surface area contributed by atoms with Crippen LogP contribution in [0.1, 0.15) is 47.3 Å². The van der Waals surface area contributed by atoms with Crippen LogP contribution in [0.5, 0.6) is 0 Å². The highest BCUT2D eigenvalue weighted by Crippen LogP contribution is 2.24. The number of rotatable bonds is 6. The first-order valence-electron chi connectivity index (χ1n) is 7.16. The van der Waals surface area contributed by atoms with Crippen molar-refractivity contribution in [3.05, 3.63) is 21.4 Å². The maximum absolute atomic E-state index is 12.2. The van der Waals surface area contributed by atoms with Gasteiger partial charge in [0.1, 0.15) is 4.88 Å². The van der Waals surface area contributed by atoms with Gasteiger partial charge in [0.25, 0.3) is 5.91 Å². The monoisotopic (exact) mass is 326 g/mol. The Morgan fingerprint density at radius 3 is 2.50 bits per heavy atom. The van der Waals surface area contributed by atoms with Gasteiger partial charge in [-0.1, -0.05) is 27.2 Å². The summed E-state index contributed by atoms with van der Waals surface area (Å²) < 4.78 is 5.26. The SMILES string of the molecule is CCCc1cc(C(=O)O[C@H](C(=O)NC(N)=O)C(C)C)sc1C. The zero-order valence-electron chi connectivity index (χ0n) is 13.3. The van der Waals surface area contributed by atoms with Gasteiger partial charge in [0.05, 0.1) is 0 Å². The molecule has 3 N–H and O–H groups in total. The molecule has 0 aliphatic carbocycles. The fraction of sp³-hybridized carbons (Fsp3) is 0.533. The topological polar surface area (TPSA) is 98.5 Å². The summed E-state index contributed by atoms with van der Waals surface area (Å²) in [7, 11) is 0. The van der Waals surface area contributed by atoms with Crippen molar-refractivity contribution in [2.24, 2.45) is 11.7 Å². The third kappa shape index (κ3) is 4.84. The van der Waals surface area contributed by atoms with Gasteiger partial charge < -0.3 is 10.5 Å². The van der Waals surface area contributed by atoms with E-state index < -0.39 is 24.0 Å². The normalized spacial score (nSPS) is 12.0. The average Bonchev–Trinajstić information content (AvgIpc) is 2.76. The quantitative estimate of drug-likeness (QED) is 0.784. The molecule has 0 aliphatic heterocycles. The highest BCUT2D eigenvalue weighted by Gasteiger charge is 2.28. The van der Waals surface area contributed by atoms with E-state index in [4.69, 9.17) is 10.5 Å². The second kappa shape index (κ2) is 7.93. The Morgan fingerprint density at radius 2 is 2.00 bits per heavy atom. The van der Waals surface area contributed by atoms with Crippen LogP contribution in [0.15, 0.2) is 6.07 Å². The van der Waals surface area contributed by atoms with Gasteiger partial charge in [-0.15, -0.1) is 11.3 Å². The van der Waals surface area contributed by atoms with Crippen LogP contribution in [-0.4, -0.2) is 24.0 Å². The molecule has 0 saturated heterocycles. The number of primary amides is 1. The largest absolute Gasteiger partial charge is 0.448 e. The number of imide groups is 1. The molecule has 0 aromatic carbocycles. The molecule has 0 saturated carbocycles. The van der Waals surface area contributed by atoms with Crippen LogP contribution in [0, 0.1) is 12.8 Å². The highest BCUT2D eigenvalue weighted by atomic mass is 32.1. The van der Waals surface area contributed by atoms with Crippen molar-refractivity contribution in [1.82, 2.24) is 5.32 Å². The van der Waals surface area contributed by atoms with Gasteiger partial charge in [0.15, 0.2) is 6.10 Å². The van der Waals surface area contributed by atoms with E-state index in [9.17, 15) is 14.4 Å². The smallest absolute Gasteiger partial charge is 0.349 e. The lowest BCUT2D eigenvalue weighted by molar-refractivity contribution is -0.130. The van der Waals surface area contributed by atoms with Crippen LogP contribution in [0.4, 0.5) is 4.79 Å². The van der Waals surface area contributed by atoms with Gasteiger partial charge in [-0.05, 0) is 30.9 Å². The Balaban J connectivity index is 2.85. The third-order valence-electron chi connectivity index (χ3n) is 3.09. The first kappa shape index (κ1) is 18.2. The Bertz CT molecular complexity index is 566. The van der Waals surface area contributed by atoms with Crippen LogP contribution in [0.3, 0.4) is 0 Å². The van der Waals surface area contributed by atoms with Gasteiger partial charge in [-0.3, -0.25) is 10.1 Å². The number of hydrogen-bond acceptors (Lipinski definition) is 5. The molecular weight excluding hydrogens is 304 g/mol. The molecule has 1 atom stereocenters. The molecular formula is C15H22N2O4S. The lowest BCUT2D eigenvalue weighted by Crippen LogP contribution is -2.45. The summed E-state index contributed by atoms with van der Waals surface area (Å²) in [5.41, 5.74) is 6.03. The zero-order chi connectivity index (χ0) is 16.9. The van der Waals surface area contributed by atoms with Gasteiger partial charge >= 0.3 is 12.0 Å². The number of nitrogens with two attached hydrogens (primary N) is 1. The molecule has 7 heteroatoms. The van der Waals surface area contributed by atoms with E-state index in [1.54, 1.807) is 19.9 Å². The molecule has 1 aromatic heterocycles. The van der Waals surface area contributed by atoms with Crippen LogP contribution in [0.25, 0.3) is 0 Å². The number of esters is 1. The third-order valence-corrected chi connectivity index (χ3v) is 4.16. The second-order valence-electron chi connectivity index (χ2n) is 5.37. The standard InChI is InChI=1S/C15H22N2O4S/c1-5-6-10-7-11(22-9(10)4)14(19)21-12(8(2)3)13(18)17-15(16)20/h7-8,12H,5-6H2,1-4H3,(H3,16,17,18,20)/t12-/m0/s1. The van der Waals surface area contributed by atoms with E-state index in [0.717, 1.165) is 23.3 Å². The molecule has 0 aliphatic rings. The van der Waals surface area contributed by atoms with Gasteiger partial charge in [-0.25, -0.2) is 9.59 Å². The van der Waals surface area contributed by atoms with Crippen molar-refractivity contribution < 1.29 is 19.1 Å². The van der Waals surface area contributed by atoms with E-state index >= 15 is 0 Å². The molecule has 1 rings (SSSR count). The fourth-order valence-electron chi connectivity index (χ4n) is 2.00. The van der Waals surface area contributed by atoms with E-state index in [1.165, 1.54) is 11.3 Å². The van der Waals surface area contributed by atoms with E-state index in [2.05, 4.69) is 6.92 Å². The molecule has 0 spiro atoms. The minimum absolute atomic E-state index is 0.278. The summed E-state index contributed by atoms with van der Waals surface area (Å²) in [6, 6.07) is 0.832. The summed E-state index contributed by atoms with van der Waals surface area (Å²) >= 11 is 1.34. The number of nitrogens with one attached hydrogen (secondary N) is 1. The molecule has 22 heavy (non-hydrogen) atoms. The summed E-state index contributed by atoms with van der Waals surface area (Å²) in [5.74, 6) is -1.55. The molecule has 6 nitrogen and oxygen atoms in total. The predicted octanol–water partition coefficient (Wildman–Crippen LogP) is 2.39. The fourth-order valence-corrected chi connectivity index (χ4v) is 2.95. The molecule has 0 unspecified atom stereocenters. The molecule has 3 amide bonds. The van der Waals surface area contributed by atoms with E-state index in [-0.39, 0.29) is 5.92 Å². The van der Waals surface area contributed by atoms with Gasteiger partial charge in [-0.2, -0.15) is 0 Å². The number of hydrogen-bond donors (Lipinski definition) is 2. The first-order valence-corrected chi connectivity index (χ1v) is 7.98. The molecule has 0 bridgehead atoms. The minimum atomic E-state index is -1.06. The average molecular weight is 326 g/mol. The van der Waals surface area contributed by atoms with Crippen LogP contribution in [0.2, 0.25) is 0 Å². The second-order valence-corrected chi connectivity index (χ2v) is 6.62. The Kier molecular flexibility index (Phi) is 6.55. The predicted molar refractivity (Wildman–Crippen MR) is 84.8 cm³/mol. The summed E-state index contributed by atoms with van der Waals surface area (Å²) in [4.78, 5) is 36.3. The number of thiophene rings is 1. The number of aryl methyl sites for hydroxylation is 2. The summed E-state index contributed by atoms with van der Waals surface area (Å²) in [6.07, 6.45) is 0.824. The van der Waals surface area contributed by atoms with Gasteiger partial charge in [0, 0.05) is 4.88 Å². The summed E-state index contributed by atoms with van der Waals surface area (Å²) in [5, 5.41) is 1.94. The highest BCUT2D eigenvalue weighted by molar-refractivity contribution is 7.14. The van der Waals surface area contributed by atoms with E-state index in [1.807, 2.05) is 12.2 Å². The number of urea groups is 1. The maximum Gasteiger partial charge on any atom is 0.349 e. The molecule has 122 valence electrons. The molecule has 0 fully saturated rings. The maximum atomic E-state index is 12.2. The Labute approximate surface area is 134 Å². The first-order chi connectivity index (χ1) is 10.3. The lowest BCUT2D eigenvalue weighted by atomic mass is 10.1. The van der Waals surface area contributed by atoms with Crippen molar-refractivity contribution in [3.8, 4) is 0 Å². The number of carbonyl (C=O) groups excluding carboxylic acids is 3. The van der Waals surface area contributed by atoms with Crippen molar-refractivity contribution in [2.45, 2.75) is 46.6 Å². The van der Waals surface area contributed by atoms with Crippen molar-refractivity contribution >= 4 is 29.2 Å². The number of ether oxygens (including phenoxy) is 1. The van der Waals surface area contributed by atoms with Crippen molar-refractivity contribution in [3.63, 3.8) is 0 Å². The van der Waals surface area contributed by atoms with Crippen LogP contribution in [-0.2, 0) is 16.0 Å². The van der Waals surface area contributed by atoms with E-state index in [0.29, 0.717) is 4.88 Å². The molecule has 0 radical (unpaired) electrons.